The number of anilines is 1. The van der Waals surface area contributed by atoms with E-state index in [0.717, 1.165) is 83.5 Å². The number of phenols is 1. The van der Waals surface area contributed by atoms with Gasteiger partial charge in [-0.15, -0.1) is 11.8 Å². The van der Waals surface area contributed by atoms with Crippen LogP contribution in [-0.2, 0) is 0 Å². The second kappa shape index (κ2) is 13.1. The predicted octanol–water partition coefficient (Wildman–Crippen LogP) is 7.65. The zero-order valence-electron chi connectivity index (χ0n) is 23.3. The van der Waals surface area contributed by atoms with Gasteiger partial charge in [-0.2, -0.15) is 0 Å². The molecule has 4 nitrogen and oxygen atoms in total. The molecule has 0 amide bonds. The SMILES string of the molecule is CCN(CC)c1ccc(C2=C(c3ccc(O[C@H]4CCN(CCCF)C4)cc3)c3ccc(O)cc3SCC2)c(F)c1. The molecular weight excluding hydrogens is 526 g/mol. The summed E-state index contributed by atoms with van der Waals surface area (Å²) in [6.07, 6.45) is 2.29. The number of hydrogen-bond donors (Lipinski definition) is 1. The quantitative estimate of drug-likeness (QED) is 0.274. The number of fused-ring (bicyclic) bond motifs is 1. The molecule has 1 saturated heterocycles. The molecule has 2 aliphatic heterocycles. The Morgan fingerprint density at radius 1 is 1.02 bits per heavy atom. The third kappa shape index (κ3) is 6.31. The van der Waals surface area contributed by atoms with E-state index >= 15 is 4.39 Å². The van der Waals surface area contributed by atoms with Gasteiger partial charge in [0.25, 0.3) is 0 Å². The molecular formula is C33H38F2N2O2S. The first-order valence-corrected chi connectivity index (χ1v) is 15.3. The number of halogens is 2. The first kappa shape index (κ1) is 28.5. The van der Waals surface area contributed by atoms with E-state index in [1.165, 1.54) is 0 Å². The average Bonchev–Trinajstić information content (AvgIpc) is 3.32. The summed E-state index contributed by atoms with van der Waals surface area (Å²) in [6.45, 7) is 8.02. The monoisotopic (exact) mass is 564 g/mol. The Bertz CT molecular complexity index is 1340. The van der Waals surface area contributed by atoms with Crippen molar-refractivity contribution < 1.29 is 18.6 Å². The van der Waals surface area contributed by atoms with Crippen LogP contribution in [0.3, 0.4) is 0 Å². The fraction of sp³-hybridized carbons (Fsp3) is 0.394. The van der Waals surface area contributed by atoms with Gasteiger partial charge in [0.1, 0.15) is 23.4 Å². The zero-order chi connectivity index (χ0) is 28.1. The molecule has 2 heterocycles. The number of phenolic OH excluding ortho intramolecular Hbond substituents is 1. The normalized spacial score (nSPS) is 17.6. The van der Waals surface area contributed by atoms with Gasteiger partial charge in [-0.25, -0.2) is 4.39 Å². The van der Waals surface area contributed by atoms with Gasteiger partial charge in [0.05, 0.1) is 6.67 Å². The summed E-state index contributed by atoms with van der Waals surface area (Å²) in [5.41, 5.74) is 5.44. The van der Waals surface area contributed by atoms with Crippen LogP contribution in [0.25, 0.3) is 11.1 Å². The third-order valence-corrected chi connectivity index (χ3v) is 8.89. The van der Waals surface area contributed by atoms with Crippen LogP contribution in [0.2, 0.25) is 0 Å². The molecule has 1 atom stereocenters. The van der Waals surface area contributed by atoms with Gasteiger partial charge < -0.3 is 14.7 Å². The molecule has 0 bridgehead atoms. The minimum absolute atomic E-state index is 0.0941. The fourth-order valence-electron chi connectivity index (χ4n) is 5.79. The average molecular weight is 565 g/mol. The number of hydrogen-bond acceptors (Lipinski definition) is 5. The molecule has 5 rings (SSSR count). The smallest absolute Gasteiger partial charge is 0.132 e. The van der Waals surface area contributed by atoms with Crippen molar-refractivity contribution in [3.8, 4) is 11.5 Å². The van der Waals surface area contributed by atoms with Crippen LogP contribution < -0.4 is 9.64 Å². The zero-order valence-corrected chi connectivity index (χ0v) is 24.2. The lowest BCUT2D eigenvalue weighted by atomic mass is 9.88. The van der Waals surface area contributed by atoms with Gasteiger partial charge in [0.15, 0.2) is 0 Å². The molecule has 0 radical (unpaired) electrons. The molecule has 0 spiro atoms. The Kier molecular flexibility index (Phi) is 9.33. The number of likely N-dealkylation sites (tertiary alicyclic amines) is 1. The van der Waals surface area contributed by atoms with E-state index in [1.54, 1.807) is 30.0 Å². The van der Waals surface area contributed by atoms with Crippen molar-refractivity contribution in [2.75, 3.05) is 50.1 Å². The Morgan fingerprint density at radius 2 is 1.80 bits per heavy atom. The molecule has 212 valence electrons. The molecule has 3 aromatic rings. The molecule has 2 aliphatic rings. The van der Waals surface area contributed by atoms with E-state index in [1.807, 2.05) is 30.3 Å². The number of benzene rings is 3. The second-order valence-corrected chi connectivity index (χ2v) is 11.5. The summed E-state index contributed by atoms with van der Waals surface area (Å²) in [5, 5.41) is 10.2. The first-order valence-electron chi connectivity index (χ1n) is 14.3. The lowest BCUT2D eigenvalue weighted by Crippen LogP contribution is -2.26. The fourth-order valence-corrected chi connectivity index (χ4v) is 6.85. The first-order chi connectivity index (χ1) is 19.5. The van der Waals surface area contributed by atoms with Crippen LogP contribution in [-0.4, -0.2) is 61.3 Å². The molecule has 1 fully saturated rings. The highest BCUT2D eigenvalue weighted by molar-refractivity contribution is 7.99. The highest BCUT2D eigenvalue weighted by Crippen LogP contribution is 2.45. The maximum atomic E-state index is 15.8. The van der Waals surface area contributed by atoms with Gasteiger partial charge >= 0.3 is 0 Å². The standard InChI is InChI=1S/C33H38F2N2O2S/c1-3-37(4-2)24-8-12-28(31(35)20-24)29-15-19-40-32-21-25(38)9-13-30(32)33(29)23-6-10-26(11-7-23)39-27-14-18-36(22-27)17-5-16-34/h6-13,20-21,27,38H,3-5,14-19,22H2,1-2H3/t27-/m0/s1. The van der Waals surface area contributed by atoms with Gasteiger partial charge in [-0.3, -0.25) is 9.29 Å². The van der Waals surface area contributed by atoms with E-state index in [-0.39, 0.29) is 24.3 Å². The van der Waals surface area contributed by atoms with Crippen molar-refractivity contribution in [1.29, 1.82) is 0 Å². The highest BCUT2D eigenvalue weighted by Gasteiger charge is 2.25. The number of rotatable bonds is 10. The van der Waals surface area contributed by atoms with Crippen LogP contribution in [0.1, 0.15) is 49.8 Å². The van der Waals surface area contributed by atoms with Crippen LogP contribution in [0.5, 0.6) is 11.5 Å². The Balaban J connectivity index is 1.50. The number of alkyl halides is 1. The Hall–Kier alpha value is -3.03. The molecule has 0 saturated carbocycles. The number of ether oxygens (including phenoxy) is 1. The molecule has 0 aromatic heterocycles. The Morgan fingerprint density at radius 3 is 2.52 bits per heavy atom. The third-order valence-electron chi connectivity index (χ3n) is 7.84. The minimum Gasteiger partial charge on any atom is -0.508 e. The number of nitrogens with zero attached hydrogens (tertiary/aromatic N) is 2. The molecule has 0 aliphatic carbocycles. The van der Waals surface area contributed by atoms with Crippen molar-refractivity contribution in [3.63, 3.8) is 0 Å². The van der Waals surface area contributed by atoms with Gasteiger partial charge in [0, 0.05) is 54.6 Å². The number of allylic oxidation sites excluding steroid dienone is 1. The number of thioether (sulfide) groups is 1. The summed E-state index contributed by atoms with van der Waals surface area (Å²) in [4.78, 5) is 5.39. The lowest BCUT2D eigenvalue weighted by molar-refractivity contribution is 0.198. The van der Waals surface area contributed by atoms with Crippen molar-refractivity contribution in [2.24, 2.45) is 0 Å². The van der Waals surface area contributed by atoms with Crippen molar-refractivity contribution in [1.82, 2.24) is 4.90 Å². The van der Waals surface area contributed by atoms with Gasteiger partial charge in [-0.1, -0.05) is 12.1 Å². The molecule has 1 N–H and O–H groups in total. The summed E-state index contributed by atoms with van der Waals surface area (Å²) < 4.78 is 34.6. The van der Waals surface area contributed by atoms with Crippen LogP contribution >= 0.6 is 11.8 Å². The molecule has 3 aromatic carbocycles. The van der Waals surface area contributed by atoms with Crippen LogP contribution in [0.15, 0.2) is 65.6 Å². The summed E-state index contributed by atoms with van der Waals surface area (Å²) in [5.74, 6) is 1.59. The molecule has 40 heavy (non-hydrogen) atoms. The highest BCUT2D eigenvalue weighted by atomic mass is 32.2. The van der Waals surface area contributed by atoms with E-state index in [4.69, 9.17) is 4.74 Å². The van der Waals surface area contributed by atoms with E-state index < -0.39 is 0 Å². The molecule has 7 heteroatoms. The molecule has 0 unspecified atom stereocenters. The maximum absolute atomic E-state index is 15.8. The predicted molar refractivity (Wildman–Crippen MR) is 162 cm³/mol. The number of aromatic hydroxyl groups is 1. The van der Waals surface area contributed by atoms with Gasteiger partial charge in [-0.05, 0) is 104 Å². The summed E-state index contributed by atoms with van der Waals surface area (Å²) in [7, 11) is 0. The maximum Gasteiger partial charge on any atom is 0.132 e. The summed E-state index contributed by atoms with van der Waals surface area (Å²) in [6, 6.07) is 19.1. The van der Waals surface area contributed by atoms with Crippen LogP contribution in [0, 0.1) is 5.82 Å². The minimum atomic E-state index is -0.285. The van der Waals surface area contributed by atoms with E-state index in [2.05, 4.69) is 35.8 Å². The lowest BCUT2D eigenvalue weighted by Gasteiger charge is -2.22. The van der Waals surface area contributed by atoms with Crippen molar-refractivity contribution >= 4 is 28.6 Å². The largest absolute Gasteiger partial charge is 0.508 e. The van der Waals surface area contributed by atoms with E-state index in [0.29, 0.717) is 18.4 Å². The van der Waals surface area contributed by atoms with E-state index in [9.17, 15) is 9.50 Å². The van der Waals surface area contributed by atoms with Gasteiger partial charge in [0.2, 0.25) is 0 Å². The van der Waals surface area contributed by atoms with Crippen LogP contribution in [0.4, 0.5) is 14.5 Å². The Labute approximate surface area is 240 Å². The second-order valence-electron chi connectivity index (χ2n) is 10.4. The topological polar surface area (TPSA) is 35.9 Å². The van der Waals surface area contributed by atoms with Crippen molar-refractivity contribution in [2.45, 2.75) is 44.1 Å². The van der Waals surface area contributed by atoms with Crippen molar-refractivity contribution in [3.05, 3.63) is 83.2 Å². The summed E-state index contributed by atoms with van der Waals surface area (Å²) >= 11 is 1.69.